The van der Waals surface area contributed by atoms with Crippen molar-refractivity contribution in [2.75, 3.05) is 4.90 Å². The van der Waals surface area contributed by atoms with E-state index in [0.29, 0.717) is 26.3 Å². The van der Waals surface area contributed by atoms with Crippen LogP contribution in [0.3, 0.4) is 0 Å². The lowest BCUT2D eigenvalue weighted by Gasteiger charge is -2.14. The smallest absolute Gasteiger partial charge is 0.270 e. The van der Waals surface area contributed by atoms with E-state index in [-0.39, 0.29) is 10.8 Å². The number of nitrogens with zero attached hydrogens (tertiary/aromatic N) is 1. The molecular weight excluding hydrogens is 440 g/mol. The third-order valence-electron chi connectivity index (χ3n) is 4.45. The molecule has 0 radical (unpaired) electrons. The molecule has 9 heteroatoms. The van der Waals surface area contributed by atoms with Crippen LogP contribution in [0.4, 0.5) is 5.69 Å². The fraction of sp³-hybridized carbons (Fsp3) is 0.0476. The van der Waals surface area contributed by atoms with Gasteiger partial charge in [0.15, 0.2) is 4.32 Å². The van der Waals surface area contributed by atoms with Crippen LogP contribution in [0.5, 0.6) is 0 Å². The van der Waals surface area contributed by atoms with Gasteiger partial charge in [-0.05, 0) is 55.5 Å². The maximum atomic E-state index is 12.9. The largest absolute Gasteiger partial charge is 0.457 e. The van der Waals surface area contributed by atoms with E-state index in [0.717, 1.165) is 11.3 Å². The molecule has 0 unspecified atom stereocenters. The van der Waals surface area contributed by atoms with Gasteiger partial charge in [0.05, 0.1) is 15.5 Å². The summed E-state index contributed by atoms with van der Waals surface area (Å²) in [5, 5.41) is 5.12. The van der Waals surface area contributed by atoms with Crippen LogP contribution in [0, 0.1) is 6.92 Å². The summed E-state index contributed by atoms with van der Waals surface area (Å²) < 4.78 is 29.0. The molecule has 0 saturated carbocycles. The number of carbonyl (C=O) groups excluding carboxylic acids is 1. The van der Waals surface area contributed by atoms with Crippen molar-refractivity contribution in [1.82, 2.24) is 0 Å². The zero-order valence-corrected chi connectivity index (χ0v) is 18.2. The van der Waals surface area contributed by atoms with E-state index in [2.05, 4.69) is 0 Å². The van der Waals surface area contributed by atoms with Gasteiger partial charge < -0.3 is 4.42 Å². The van der Waals surface area contributed by atoms with E-state index in [4.69, 9.17) is 21.8 Å². The summed E-state index contributed by atoms with van der Waals surface area (Å²) in [4.78, 5) is 14.8. The van der Waals surface area contributed by atoms with Gasteiger partial charge in [-0.2, -0.15) is 0 Å². The number of carbonyl (C=O) groups is 1. The van der Waals surface area contributed by atoms with Crippen molar-refractivity contribution in [3.8, 4) is 11.3 Å². The molecule has 2 heterocycles. The van der Waals surface area contributed by atoms with Crippen LogP contribution in [0.25, 0.3) is 17.4 Å². The Balaban J connectivity index is 1.57. The van der Waals surface area contributed by atoms with Gasteiger partial charge in [0.1, 0.15) is 11.5 Å². The summed E-state index contributed by atoms with van der Waals surface area (Å²) in [6.07, 6.45) is 1.65. The number of hydrogen-bond donors (Lipinski definition) is 1. The minimum atomic E-state index is -3.75. The number of thiocarbonyl (C=S) groups is 1. The fourth-order valence-electron chi connectivity index (χ4n) is 2.91. The number of hydrogen-bond acceptors (Lipinski definition) is 6. The van der Waals surface area contributed by atoms with E-state index < -0.39 is 10.0 Å². The van der Waals surface area contributed by atoms with Crippen molar-refractivity contribution in [1.29, 1.82) is 0 Å². The molecule has 30 heavy (non-hydrogen) atoms. The Morgan fingerprint density at radius 1 is 1.03 bits per heavy atom. The summed E-state index contributed by atoms with van der Waals surface area (Å²) in [6.45, 7) is 1.98. The quantitative estimate of drug-likeness (QED) is 0.465. The highest BCUT2D eigenvalue weighted by Gasteiger charge is 2.33. The van der Waals surface area contributed by atoms with Gasteiger partial charge in [0.25, 0.3) is 5.91 Å². The molecule has 6 nitrogen and oxygen atoms in total. The zero-order chi connectivity index (χ0) is 21.5. The number of aryl methyl sites for hydroxylation is 1. The first kappa shape index (κ1) is 20.5. The number of anilines is 1. The van der Waals surface area contributed by atoms with Crippen molar-refractivity contribution in [2.45, 2.75) is 11.8 Å². The SMILES string of the molecule is Cc1ccc(N2C(=O)C(=Cc3ccc(-c4ccc(S(N)(=O)=O)cc4)o3)SC2=S)cc1. The predicted molar refractivity (Wildman–Crippen MR) is 122 cm³/mol. The number of amides is 1. The van der Waals surface area contributed by atoms with Crippen LogP contribution in [0.1, 0.15) is 11.3 Å². The topological polar surface area (TPSA) is 93.6 Å². The van der Waals surface area contributed by atoms with Crippen molar-refractivity contribution < 1.29 is 17.6 Å². The second-order valence-corrected chi connectivity index (χ2v) is 9.86. The van der Waals surface area contributed by atoms with Crippen LogP contribution in [-0.4, -0.2) is 18.6 Å². The minimum absolute atomic E-state index is 0.0257. The molecule has 0 aliphatic carbocycles. The summed E-state index contributed by atoms with van der Waals surface area (Å²) in [5.74, 6) is 0.825. The number of thioether (sulfide) groups is 1. The monoisotopic (exact) mass is 456 g/mol. The number of benzene rings is 2. The van der Waals surface area contributed by atoms with Gasteiger partial charge in [-0.15, -0.1) is 0 Å². The highest BCUT2D eigenvalue weighted by molar-refractivity contribution is 8.27. The normalized spacial score (nSPS) is 15.9. The average Bonchev–Trinajstić information content (AvgIpc) is 3.27. The first-order chi connectivity index (χ1) is 14.2. The van der Waals surface area contributed by atoms with E-state index in [1.165, 1.54) is 28.8 Å². The molecule has 0 atom stereocenters. The molecule has 4 rings (SSSR count). The van der Waals surface area contributed by atoms with Gasteiger partial charge in [0.2, 0.25) is 10.0 Å². The molecule has 1 fully saturated rings. The Kier molecular flexibility index (Phi) is 5.37. The molecule has 1 amide bonds. The first-order valence-electron chi connectivity index (χ1n) is 8.80. The molecule has 3 aromatic rings. The summed E-state index contributed by atoms with van der Waals surface area (Å²) in [5.41, 5.74) is 2.51. The second kappa shape index (κ2) is 7.84. The third-order valence-corrected chi connectivity index (χ3v) is 6.68. The lowest BCUT2D eigenvalue weighted by atomic mass is 10.2. The molecule has 0 spiro atoms. The highest BCUT2D eigenvalue weighted by Crippen LogP contribution is 2.36. The van der Waals surface area contributed by atoms with Gasteiger partial charge in [-0.3, -0.25) is 9.69 Å². The number of furan rings is 1. The number of sulfonamides is 1. The van der Waals surface area contributed by atoms with Gasteiger partial charge in [0, 0.05) is 11.6 Å². The van der Waals surface area contributed by atoms with Crippen molar-refractivity contribution in [2.24, 2.45) is 5.14 Å². The minimum Gasteiger partial charge on any atom is -0.457 e. The molecule has 1 saturated heterocycles. The lowest BCUT2D eigenvalue weighted by Crippen LogP contribution is -2.27. The van der Waals surface area contributed by atoms with E-state index in [1.807, 2.05) is 31.2 Å². The van der Waals surface area contributed by atoms with Crippen molar-refractivity contribution >= 4 is 56.0 Å². The summed E-state index contributed by atoms with van der Waals surface area (Å²) >= 11 is 6.60. The Hall–Kier alpha value is -2.72. The zero-order valence-electron chi connectivity index (χ0n) is 15.7. The summed E-state index contributed by atoms with van der Waals surface area (Å²) in [7, 11) is -3.75. The Labute approximate surface area is 183 Å². The molecule has 2 aromatic carbocycles. The molecule has 152 valence electrons. The second-order valence-electron chi connectivity index (χ2n) is 6.62. The average molecular weight is 457 g/mol. The maximum absolute atomic E-state index is 12.9. The molecular formula is C21H16N2O4S3. The van der Waals surface area contributed by atoms with Gasteiger partial charge in [-0.1, -0.05) is 41.7 Å². The number of nitrogens with two attached hydrogens (primary N) is 1. The first-order valence-corrected chi connectivity index (χ1v) is 11.6. The predicted octanol–water partition coefficient (Wildman–Crippen LogP) is 4.31. The fourth-order valence-corrected chi connectivity index (χ4v) is 4.70. The van der Waals surface area contributed by atoms with Crippen molar-refractivity contribution in [3.05, 3.63) is 76.9 Å². The van der Waals surface area contributed by atoms with Crippen LogP contribution in [0.15, 0.2) is 74.9 Å². The Morgan fingerprint density at radius 2 is 1.70 bits per heavy atom. The lowest BCUT2D eigenvalue weighted by molar-refractivity contribution is -0.113. The van der Waals surface area contributed by atoms with E-state index in [9.17, 15) is 13.2 Å². The molecule has 0 bridgehead atoms. The van der Waals surface area contributed by atoms with Crippen LogP contribution < -0.4 is 10.0 Å². The van der Waals surface area contributed by atoms with Gasteiger partial charge >= 0.3 is 0 Å². The van der Waals surface area contributed by atoms with Crippen LogP contribution in [-0.2, 0) is 14.8 Å². The number of rotatable bonds is 4. The molecule has 1 aliphatic heterocycles. The maximum Gasteiger partial charge on any atom is 0.270 e. The Morgan fingerprint density at radius 3 is 2.33 bits per heavy atom. The van der Waals surface area contributed by atoms with Gasteiger partial charge in [-0.25, -0.2) is 13.6 Å². The molecule has 1 aromatic heterocycles. The Bertz CT molecular complexity index is 1270. The highest BCUT2D eigenvalue weighted by atomic mass is 32.2. The number of primary sulfonamides is 1. The molecule has 1 aliphatic rings. The molecule has 2 N–H and O–H groups in total. The van der Waals surface area contributed by atoms with Crippen LogP contribution in [0.2, 0.25) is 0 Å². The standard InChI is InChI=1S/C21H16N2O4S3/c1-13-2-6-15(7-3-13)23-20(24)19(29-21(23)28)12-16-8-11-18(27-16)14-4-9-17(10-5-14)30(22,25)26/h2-12H,1H3,(H2,22,25,26). The van der Waals surface area contributed by atoms with E-state index in [1.54, 1.807) is 30.3 Å². The van der Waals surface area contributed by atoms with Crippen LogP contribution >= 0.6 is 24.0 Å². The van der Waals surface area contributed by atoms with Crippen molar-refractivity contribution in [3.63, 3.8) is 0 Å². The van der Waals surface area contributed by atoms with E-state index >= 15 is 0 Å². The summed E-state index contributed by atoms with van der Waals surface area (Å²) in [6, 6.07) is 17.1. The third kappa shape index (κ3) is 4.10.